The summed E-state index contributed by atoms with van der Waals surface area (Å²) in [5.41, 5.74) is 0. The van der Waals surface area contributed by atoms with Crippen LogP contribution in [0, 0.1) is 5.92 Å². The number of hydrogen-bond donors (Lipinski definition) is 0. The van der Waals surface area contributed by atoms with E-state index in [0.29, 0.717) is 0 Å². The standard InChI is InChI=1S/C34H68/c1-2-3-4-5-6-7-8-9-13-16-19-22-25-28-31-34-32-29-26-23-20-17-14-11-10-12-15-18-21-24-27-30-33-34/h34H,2-33H2,1H3. The predicted octanol–water partition coefficient (Wildman–Crippen LogP) is 13.1. The van der Waals surface area contributed by atoms with Crippen molar-refractivity contribution < 1.29 is 0 Å². The molecule has 1 saturated carbocycles. The van der Waals surface area contributed by atoms with Gasteiger partial charge in [-0.2, -0.15) is 0 Å². The minimum Gasteiger partial charge on any atom is -0.0654 e. The van der Waals surface area contributed by atoms with Crippen molar-refractivity contribution in [1.82, 2.24) is 0 Å². The first-order valence-electron chi connectivity index (χ1n) is 16.9. The van der Waals surface area contributed by atoms with Gasteiger partial charge in [0.15, 0.2) is 0 Å². The van der Waals surface area contributed by atoms with Crippen molar-refractivity contribution >= 4 is 0 Å². The van der Waals surface area contributed by atoms with E-state index >= 15 is 0 Å². The Bertz CT molecular complexity index is 341. The highest BCUT2D eigenvalue weighted by molar-refractivity contribution is 4.62. The summed E-state index contributed by atoms with van der Waals surface area (Å²) in [6.07, 6.45) is 48.0. The smallest absolute Gasteiger partial charge is 0.0414 e. The molecule has 34 heavy (non-hydrogen) atoms. The van der Waals surface area contributed by atoms with Crippen LogP contribution in [-0.2, 0) is 0 Å². The van der Waals surface area contributed by atoms with Crippen molar-refractivity contribution in [3.63, 3.8) is 0 Å². The first-order chi connectivity index (χ1) is 16.9. The van der Waals surface area contributed by atoms with E-state index < -0.39 is 0 Å². The van der Waals surface area contributed by atoms with Crippen LogP contribution < -0.4 is 0 Å². The Hall–Kier alpha value is 0. The SMILES string of the molecule is CCCCCCCCCCCCCCCCC1CCCCCCCCCCCCCCCCC1. The summed E-state index contributed by atoms with van der Waals surface area (Å²) >= 11 is 0. The molecule has 0 heterocycles. The molecule has 1 fully saturated rings. The molecule has 0 aliphatic heterocycles. The lowest BCUT2D eigenvalue weighted by Crippen LogP contribution is -2.02. The van der Waals surface area contributed by atoms with Gasteiger partial charge in [0, 0.05) is 0 Å². The van der Waals surface area contributed by atoms with Crippen molar-refractivity contribution in [2.45, 2.75) is 212 Å². The minimum atomic E-state index is 1.05. The van der Waals surface area contributed by atoms with Crippen LogP contribution in [0.5, 0.6) is 0 Å². The van der Waals surface area contributed by atoms with Crippen LogP contribution in [0.1, 0.15) is 212 Å². The van der Waals surface area contributed by atoms with E-state index in [4.69, 9.17) is 0 Å². The number of rotatable bonds is 15. The molecule has 0 aromatic carbocycles. The van der Waals surface area contributed by atoms with Crippen molar-refractivity contribution in [2.24, 2.45) is 5.92 Å². The minimum absolute atomic E-state index is 1.05. The van der Waals surface area contributed by atoms with Crippen LogP contribution in [0.2, 0.25) is 0 Å². The fourth-order valence-corrected chi connectivity index (χ4v) is 6.22. The van der Waals surface area contributed by atoms with E-state index in [2.05, 4.69) is 6.92 Å². The average Bonchev–Trinajstić information content (AvgIpc) is 2.85. The molecule has 0 N–H and O–H groups in total. The Kier molecular flexibility index (Phi) is 26.0. The number of hydrogen-bond acceptors (Lipinski definition) is 0. The van der Waals surface area contributed by atoms with Gasteiger partial charge < -0.3 is 0 Å². The van der Waals surface area contributed by atoms with Gasteiger partial charge in [0.2, 0.25) is 0 Å². The molecule has 0 atom stereocenters. The Labute approximate surface area is 218 Å². The lowest BCUT2D eigenvalue weighted by atomic mass is 9.89. The molecular formula is C34H68. The van der Waals surface area contributed by atoms with Gasteiger partial charge in [0.1, 0.15) is 0 Å². The lowest BCUT2D eigenvalue weighted by Gasteiger charge is -2.17. The summed E-state index contributed by atoms with van der Waals surface area (Å²) in [6.45, 7) is 2.31. The van der Waals surface area contributed by atoms with Gasteiger partial charge in [-0.05, 0) is 5.92 Å². The van der Waals surface area contributed by atoms with Crippen molar-refractivity contribution in [3.8, 4) is 0 Å². The summed E-state index contributed by atoms with van der Waals surface area (Å²) in [6, 6.07) is 0. The van der Waals surface area contributed by atoms with E-state index in [1.807, 2.05) is 0 Å². The van der Waals surface area contributed by atoms with Crippen LogP contribution in [0.25, 0.3) is 0 Å². The largest absolute Gasteiger partial charge is 0.0654 e. The van der Waals surface area contributed by atoms with Gasteiger partial charge in [-0.15, -0.1) is 0 Å². The van der Waals surface area contributed by atoms with E-state index in [0.717, 1.165) is 5.92 Å². The molecule has 0 heteroatoms. The summed E-state index contributed by atoms with van der Waals surface area (Å²) in [5, 5.41) is 0. The highest BCUT2D eigenvalue weighted by Gasteiger charge is 2.09. The molecule has 0 aromatic heterocycles. The molecule has 0 nitrogen and oxygen atoms in total. The summed E-state index contributed by atoms with van der Waals surface area (Å²) < 4.78 is 0. The lowest BCUT2D eigenvalue weighted by molar-refractivity contribution is 0.364. The van der Waals surface area contributed by atoms with Crippen molar-refractivity contribution in [2.75, 3.05) is 0 Å². The van der Waals surface area contributed by atoms with E-state index in [-0.39, 0.29) is 0 Å². The summed E-state index contributed by atoms with van der Waals surface area (Å²) in [4.78, 5) is 0. The molecule has 0 unspecified atom stereocenters. The molecule has 0 bridgehead atoms. The van der Waals surface area contributed by atoms with E-state index in [1.165, 1.54) is 193 Å². The van der Waals surface area contributed by atoms with Crippen molar-refractivity contribution in [3.05, 3.63) is 0 Å². The Morgan fingerprint density at radius 3 is 0.912 bits per heavy atom. The quantitative estimate of drug-likeness (QED) is 0.206. The van der Waals surface area contributed by atoms with Crippen LogP contribution in [0.4, 0.5) is 0 Å². The Morgan fingerprint density at radius 2 is 0.588 bits per heavy atom. The fourth-order valence-electron chi connectivity index (χ4n) is 6.22. The molecule has 0 amide bonds. The van der Waals surface area contributed by atoms with Gasteiger partial charge in [0.25, 0.3) is 0 Å². The summed E-state index contributed by atoms with van der Waals surface area (Å²) in [5.74, 6) is 1.05. The molecule has 1 rings (SSSR count). The average molecular weight is 477 g/mol. The number of unbranched alkanes of at least 4 members (excludes halogenated alkanes) is 13. The third-order valence-corrected chi connectivity index (χ3v) is 8.69. The van der Waals surface area contributed by atoms with Crippen LogP contribution in [0.3, 0.4) is 0 Å². The second-order valence-corrected chi connectivity index (χ2v) is 12.1. The van der Waals surface area contributed by atoms with Gasteiger partial charge in [-0.25, -0.2) is 0 Å². The molecule has 0 saturated heterocycles. The normalized spacial score (nSPS) is 19.0. The Balaban J connectivity index is 2.01. The fraction of sp³-hybridized carbons (Fsp3) is 1.00. The van der Waals surface area contributed by atoms with Crippen molar-refractivity contribution in [1.29, 1.82) is 0 Å². The summed E-state index contributed by atoms with van der Waals surface area (Å²) in [7, 11) is 0. The maximum atomic E-state index is 2.31. The second-order valence-electron chi connectivity index (χ2n) is 12.1. The van der Waals surface area contributed by atoms with Gasteiger partial charge >= 0.3 is 0 Å². The molecule has 0 spiro atoms. The van der Waals surface area contributed by atoms with Gasteiger partial charge in [-0.1, -0.05) is 212 Å². The maximum absolute atomic E-state index is 2.31. The van der Waals surface area contributed by atoms with Gasteiger partial charge in [0.05, 0.1) is 0 Å². The molecule has 1 aliphatic rings. The maximum Gasteiger partial charge on any atom is -0.0414 e. The zero-order chi connectivity index (χ0) is 24.2. The predicted molar refractivity (Wildman–Crippen MR) is 157 cm³/mol. The van der Waals surface area contributed by atoms with Crippen LogP contribution in [0.15, 0.2) is 0 Å². The zero-order valence-electron chi connectivity index (χ0n) is 24.2. The Morgan fingerprint density at radius 1 is 0.324 bits per heavy atom. The molecule has 0 radical (unpaired) electrons. The molecule has 204 valence electrons. The second kappa shape index (κ2) is 27.6. The molecular weight excluding hydrogens is 408 g/mol. The monoisotopic (exact) mass is 477 g/mol. The van der Waals surface area contributed by atoms with Crippen LogP contribution >= 0.6 is 0 Å². The first-order valence-corrected chi connectivity index (χ1v) is 16.9. The topological polar surface area (TPSA) is 0 Å². The van der Waals surface area contributed by atoms with Gasteiger partial charge in [-0.3, -0.25) is 0 Å². The third kappa shape index (κ3) is 23.7. The highest BCUT2D eigenvalue weighted by atomic mass is 14.1. The molecule has 0 aromatic rings. The highest BCUT2D eigenvalue weighted by Crippen LogP contribution is 2.25. The van der Waals surface area contributed by atoms with E-state index in [1.54, 1.807) is 12.8 Å². The molecule has 1 aliphatic carbocycles. The third-order valence-electron chi connectivity index (χ3n) is 8.69. The van der Waals surface area contributed by atoms with Crippen LogP contribution in [-0.4, -0.2) is 0 Å². The van der Waals surface area contributed by atoms with E-state index in [9.17, 15) is 0 Å². The first kappa shape index (κ1) is 32.0. The zero-order valence-corrected chi connectivity index (χ0v) is 24.2.